The van der Waals surface area contributed by atoms with Gasteiger partial charge < -0.3 is 15.0 Å². The highest BCUT2D eigenvalue weighted by Crippen LogP contribution is 2.28. The predicted molar refractivity (Wildman–Crippen MR) is 124 cm³/mol. The number of ether oxygens (including phenoxy) is 1. The number of nitrogens with one attached hydrogen (secondary N) is 2. The summed E-state index contributed by atoms with van der Waals surface area (Å²) in [5, 5.41) is 5.15. The summed E-state index contributed by atoms with van der Waals surface area (Å²) in [4.78, 5) is 21.8. The molecule has 1 amide bonds. The lowest BCUT2D eigenvalue weighted by molar-refractivity contribution is 0.0503. The van der Waals surface area contributed by atoms with E-state index in [-0.39, 0.29) is 6.04 Å². The smallest absolute Gasteiger partial charge is 0.408 e. The lowest BCUT2D eigenvalue weighted by Gasteiger charge is -2.22. The van der Waals surface area contributed by atoms with E-state index >= 15 is 0 Å². The maximum atomic E-state index is 12.5. The molecule has 2 N–H and O–H groups in total. The Hall–Kier alpha value is -2.34. The van der Waals surface area contributed by atoms with Crippen LogP contribution in [0.4, 0.5) is 4.79 Å². The van der Waals surface area contributed by atoms with E-state index in [1.54, 1.807) is 11.3 Å². The van der Waals surface area contributed by atoms with Crippen molar-refractivity contribution in [3.05, 3.63) is 52.1 Å². The number of carbonyl (C=O) groups is 1. The molecule has 0 bridgehead atoms. The lowest BCUT2D eigenvalue weighted by Crippen LogP contribution is -2.35. The number of nitrogens with zero attached hydrogens (tertiary/aromatic N) is 1. The van der Waals surface area contributed by atoms with Crippen LogP contribution >= 0.6 is 11.3 Å². The predicted octanol–water partition coefficient (Wildman–Crippen LogP) is 6.56. The van der Waals surface area contributed by atoms with Crippen molar-refractivity contribution in [3.8, 4) is 0 Å². The molecule has 0 aliphatic heterocycles. The van der Waals surface area contributed by atoms with Crippen molar-refractivity contribution < 1.29 is 9.53 Å². The van der Waals surface area contributed by atoms with Crippen LogP contribution in [0.25, 0.3) is 10.9 Å². The molecule has 2 heterocycles. The summed E-state index contributed by atoms with van der Waals surface area (Å²) in [7, 11) is 0. The molecule has 2 aromatic heterocycles. The summed E-state index contributed by atoms with van der Waals surface area (Å²) < 4.78 is 5.51. The number of hydrogen-bond acceptors (Lipinski definition) is 4. The van der Waals surface area contributed by atoms with Gasteiger partial charge in [0.1, 0.15) is 10.6 Å². The van der Waals surface area contributed by atoms with Crippen molar-refractivity contribution in [1.82, 2.24) is 15.3 Å². The summed E-state index contributed by atoms with van der Waals surface area (Å²) in [6.07, 6.45) is 10.2. The first kappa shape index (κ1) is 22.3. The summed E-state index contributed by atoms with van der Waals surface area (Å²) in [5.74, 6) is 0. The maximum absolute atomic E-state index is 12.5. The summed E-state index contributed by atoms with van der Waals surface area (Å²) in [6.45, 7) is 7.85. The van der Waals surface area contributed by atoms with Gasteiger partial charge in [-0.3, -0.25) is 0 Å². The van der Waals surface area contributed by atoms with E-state index in [1.165, 1.54) is 35.9 Å². The SMILES string of the molecule is CCCCCCc1cnc([C@H](Cc2c[nH]c3ccccc23)NC(=O)OC(C)(C)C)s1. The fourth-order valence-electron chi connectivity index (χ4n) is 3.50. The molecule has 3 aromatic rings. The highest BCUT2D eigenvalue weighted by atomic mass is 32.1. The van der Waals surface area contributed by atoms with Crippen molar-refractivity contribution in [1.29, 1.82) is 0 Å². The third-order valence-electron chi connectivity index (χ3n) is 4.94. The number of aromatic nitrogens is 2. The Morgan fingerprint density at radius 1 is 1.23 bits per heavy atom. The van der Waals surface area contributed by atoms with Gasteiger partial charge in [0, 0.05) is 34.6 Å². The number of unbranched alkanes of at least 4 members (excludes halogenated alkanes) is 3. The van der Waals surface area contributed by atoms with Gasteiger partial charge in [0.25, 0.3) is 0 Å². The minimum Gasteiger partial charge on any atom is -0.444 e. The quantitative estimate of drug-likeness (QED) is 0.380. The minimum atomic E-state index is -0.539. The van der Waals surface area contributed by atoms with Gasteiger partial charge in [-0.15, -0.1) is 11.3 Å². The third-order valence-corrected chi connectivity index (χ3v) is 6.11. The molecule has 6 heteroatoms. The van der Waals surface area contributed by atoms with Crippen molar-refractivity contribution in [2.24, 2.45) is 0 Å². The first-order valence-corrected chi connectivity index (χ1v) is 11.7. The molecule has 1 atom stereocenters. The summed E-state index contributed by atoms with van der Waals surface area (Å²) in [6, 6.07) is 7.99. The van der Waals surface area contributed by atoms with Gasteiger partial charge in [-0.1, -0.05) is 44.4 Å². The molecule has 162 valence electrons. The molecule has 0 fully saturated rings. The molecular formula is C24H33N3O2S. The standard InChI is InChI=1S/C24H33N3O2S/c1-5-6-7-8-11-18-16-26-22(30-18)21(27-23(28)29-24(2,3)4)14-17-15-25-20-13-10-9-12-19(17)20/h9-10,12-13,15-16,21,25H,5-8,11,14H2,1-4H3,(H,27,28)/t21-/m0/s1. The number of thiazole rings is 1. The Balaban J connectivity index is 1.77. The second kappa shape index (κ2) is 10.1. The highest BCUT2D eigenvalue weighted by Gasteiger charge is 2.24. The Morgan fingerprint density at radius 2 is 2.03 bits per heavy atom. The molecule has 0 aliphatic carbocycles. The zero-order chi connectivity index (χ0) is 21.6. The molecular weight excluding hydrogens is 394 g/mol. The lowest BCUT2D eigenvalue weighted by atomic mass is 10.1. The van der Waals surface area contributed by atoms with E-state index in [9.17, 15) is 4.79 Å². The largest absolute Gasteiger partial charge is 0.444 e. The van der Waals surface area contributed by atoms with E-state index < -0.39 is 11.7 Å². The van der Waals surface area contributed by atoms with E-state index in [2.05, 4.69) is 34.3 Å². The Labute approximate surface area is 183 Å². The van der Waals surface area contributed by atoms with E-state index in [0.717, 1.165) is 22.5 Å². The van der Waals surface area contributed by atoms with Gasteiger partial charge in [-0.2, -0.15) is 0 Å². The minimum absolute atomic E-state index is 0.228. The third kappa shape index (κ3) is 6.33. The van der Waals surface area contributed by atoms with Crippen LogP contribution in [0.2, 0.25) is 0 Å². The molecule has 0 saturated carbocycles. The number of para-hydroxylation sites is 1. The zero-order valence-electron chi connectivity index (χ0n) is 18.5. The number of H-pyrrole nitrogens is 1. The zero-order valence-corrected chi connectivity index (χ0v) is 19.3. The normalized spacial score (nSPS) is 12.8. The second-order valence-corrected chi connectivity index (χ2v) is 9.88. The number of alkyl carbamates (subject to hydrolysis) is 1. The molecule has 30 heavy (non-hydrogen) atoms. The number of amides is 1. The number of rotatable bonds is 9. The average Bonchev–Trinajstić information content (AvgIpc) is 3.31. The van der Waals surface area contributed by atoms with Gasteiger partial charge in [0.2, 0.25) is 0 Å². The summed E-state index contributed by atoms with van der Waals surface area (Å²) >= 11 is 1.69. The van der Waals surface area contributed by atoms with Crippen molar-refractivity contribution in [2.45, 2.75) is 77.9 Å². The number of aryl methyl sites for hydroxylation is 1. The van der Waals surface area contributed by atoms with Crippen LogP contribution < -0.4 is 5.32 Å². The van der Waals surface area contributed by atoms with Crippen molar-refractivity contribution >= 4 is 28.3 Å². The molecule has 5 nitrogen and oxygen atoms in total. The van der Waals surface area contributed by atoms with Gasteiger partial charge in [-0.25, -0.2) is 9.78 Å². The van der Waals surface area contributed by atoms with Crippen molar-refractivity contribution in [2.75, 3.05) is 0 Å². The number of fused-ring (bicyclic) bond motifs is 1. The first-order chi connectivity index (χ1) is 14.4. The summed E-state index contributed by atoms with van der Waals surface area (Å²) in [5.41, 5.74) is 1.72. The molecule has 0 unspecified atom stereocenters. The molecule has 0 saturated heterocycles. The van der Waals surface area contributed by atoms with E-state index in [1.807, 2.05) is 45.3 Å². The molecule has 3 rings (SSSR count). The van der Waals surface area contributed by atoms with Crippen LogP contribution in [-0.2, 0) is 17.6 Å². The van der Waals surface area contributed by atoms with Crippen LogP contribution in [0.3, 0.4) is 0 Å². The fraction of sp³-hybridized carbons (Fsp3) is 0.500. The molecule has 0 aliphatic rings. The van der Waals surface area contributed by atoms with Crippen LogP contribution in [0, 0.1) is 0 Å². The van der Waals surface area contributed by atoms with Gasteiger partial charge in [0.15, 0.2) is 0 Å². The number of aromatic amines is 1. The highest BCUT2D eigenvalue weighted by molar-refractivity contribution is 7.11. The van der Waals surface area contributed by atoms with Crippen molar-refractivity contribution in [3.63, 3.8) is 0 Å². The Morgan fingerprint density at radius 3 is 2.80 bits per heavy atom. The molecule has 1 aromatic carbocycles. The van der Waals surface area contributed by atoms with Crippen LogP contribution in [0.1, 0.15) is 74.9 Å². The van der Waals surface area contributed by atoms with Crippen LogP contribution in [0.5, 0.6) is 0 Å². The van der Waals surface area contributed by atoms with Gasteiger partial charge in [-0.05, 0) is 45.2 Å². The maximum Gasteiger partial charge on any atom is 0.408 e. The monoisotopic (exact) mass is 427 g/mol. The topological polar surface area (TPSA) is 67.0 Å². The first-order valence-electron chi connectivity index (χ1n) is 10.8. The number of benzene rings is 1. The van der Waals surface area contributed by atoms with Crippen LogP contribution in [0.15, 0.2) is 36.7 Å². The van der Waals surface area contributed by atoms with Gasteiger partial charge in [0.05, 0.1) is 6.04 Å². The van der Waals surface area contributed by atoms with E-state index in [0.29, 0.717) is 6.42 Å². The number of carbonyl (C=O) groups excluding carboxylic acids is 1. The fourth-order valence-corrected chi connectivity index (χ4v) is 4.51. The van der Waals surface area contributed by atoms with E-state index in [4.69, 9.17) is 4.74 Å². The van der Waals surface area contributed by atoms with Crippen LogP contribution in [-0.4, -0.2) is 21.7 Å². The molecule has 0 radical (unpaired) electrons. The average molecular weight is 428 g/mol. The second-order valence-electron chi connectivity index (χ2n) is 8.74. The molecule has 0 spiro atoms. The number of hydrogen-bond donors (Lipinski definition) is 2. The van der Waals surface area contributed by atoms with Gasteiger partial charge >= 0.3 is 6.09 Å². The Bertz CT molecular complexity index is 955. The Kier molecular flexibility index (Phi) is 7.53.